The van der Waals surface area contributed by atoms with Crippen molar-refractivity contribution < 1.29 is 37.0 Å². The quantitative estimate of drug-likeness (QED) is 0.234. The highest BCUT2D eigenvalue weighted by atomic mass is 19.4. The molecule has 208 valence electrons. The minimum Gasteiger partial charge on any atom is -0.490 e. The van der Waals surface area contributed by atoms with Crippen LogP contribution in [0.5, 0.6) is 5.75 Å². The van der Waals surface area contributed by atoms with Crippen molar-refractivity contribution in [3.8, 4) is 5.75 Å². The molecule has 1 saturated carbocycles. The maximum Gasteiger partial charge on any atom is 0.416 e. The Morgan fingerprint density at radius 1 is 1.03 bits per heavy atom. The monoisotopic (exact) mass is 546 g/mol. The van der Waals surface area contributed by atoms with E-state index in [4.69, 9.17) is 14.6 Å². The Bertz CT molecular complexity index is 1240. The number of para-hydroxylation sites is 1. The highest BCUT2D eigenvalue weighted by Gasteiger charge is 2.41. The molecule has 1 fully saturated rings. The second kappa shape index (κ2) is 13.1. The third-order valence-corrected chi connectivity index (χ3v) is 6.87. The summed E-state index contributed by atoms with van der Waals surface area (Å²) < 4.78 is 59.4. The van der Waals surface area contributed by atoms with Crippen molar-refractivity contribution in [2.45, 2.75) is 38.0 Å². The molecule has 39 heavy (non-hydrogen) atoms. The minimum atomic E-state index is -4.67. The second-order valence-corrected chi connectivity index (χ2v) is 9.26. The minimum absolute atomic E-state index is 0.00780. The molecule has 0 bridgehead atoms. The highest BCUT2D eigenvalue weighted by Crippen LogP contribution is 2.43. The first-order valence-corrected chi connectivity index (χ1v) is 12.3. The van der Waals surface area contributed by atoms with E-state index in [2.05, 4.69) is 10.6 Å². The van der Waals surface area contributed by atoms with Crippen molar-refractivity contribution in [3.05, 3.63) is 89.7 Å². The van der Waals surface area contributed by atoms with E-state index in [-0.39, 0.29) is 30.1 Å². The van der Waals surface area contributed by atoms with Crippen LogP contribution in [0.25, 0.3) is 0 Å². The Labute approximate surface area is 224 Å². The molecule has 0 spiro atoms. The van der Waals surface area contributed by atoms with E-state index in [1.165, 1.54) is 0 Å². The van der Waals surface area contributed by atoms with E-state index in [0.717, 1.165) is 23.4 Å². The van der Waals surface area contributed by atoms with Gasteiger partial charge in [0.2, 0.25) is 5.91 Å². The first kappa shape index (κ1) is 29.5. The summed E-state index contributed by atoms with van der Waals surface area (Å²) >= 11 is 0. The third kappa shape index (κ3) is 7.72. The van der Waals surface area contributed by atoms with E-state index in [1.807, 2.05) is 68.6 Å². The van der Waals surface area contributed by atoms with Crippen molar-refractivity contribution in [2.75, 3.05) is 17.7 Å². The number of anilines is 2. The molecule has 3 N–H and O–H groups in total. The molecule has 1 aliphatic rings. The molecular weight excluding hydrogens is 516 g/mol. The second-order valence-electron chi connectivity index (χ2n) is 9.26. The molecule has 0 aromatic heterocycles. The fourth-order valence-electron chi connectivity index (χ4n) is 4.86. The summed E-state index contributed by atoms with van der Waals surface area (Å²) in [6.45, 7) is 1.72. The van der Waals surface area contributed by atoms with Gasteiger partial charge in [-0.05, 0) is 72.7 Å². The number of carbonyl (C=O) groups is 2. The average molecular weight is 547 g/mol. The van der Waals surface area contributed by atoms with Crippen molar-refractivity contribution in [1.82, 2.24) is 0 Å². The molecule has 0 saturated heterocycles. The summed E-state index contributed by atoms with van der Waals surface area (Å²) in [5.41, 5.74) is 0.638. The zero-order chi connectivity index (χ0) is 28.6. The number of carbonyl (C=O) groups excluding carboxylic acids is 1. The van der Waals surface area contributed by atoms with Gasteiger partial charge in [0.25, 0.3) is 6.47 Å². The lowest BCUT2D eigenvalue weighted by Gasteiger charge is -2.40. The van der Waals surface area contributed by atoms with E-state index in [1.54, 1.807) is 0 Å². The molecule has 4 rings (SSSR count). The fourth-order valence-corrected chi connectivity index (χ4v) is 4.86. The van der Waals surface area contributed by atoms with Crippen LogP contribution < -0.4 is 15.4 Å². The Balaban J connectivity index is 0.00000134. The molecule has 4 atom stereocenters. The normalized spacial score (nSPS) is 20.7. The van der Waals surface area contributed by atoms with Crippen LogP contribution in [0.4, 0.5) is 28.9 Å². The van der Waals surface area contributed by atoms with Crippen LogP contribution >= 0.6 is 0 Å². The average Bonchev–Trinajstić information content (AvgIpc) is 2.91. The fraction of sp³-hybridized carbons (Fsp3) is 0.310. The number of rotatable bonds is 6. The van der Waals surface area contributed by atoms with Gasteiger partial charge >= 0.3 is 6.18 Å². The summed E-state index contributed by atoms with van der Waals surface area (Å²) in [7, 11) is 1.84. The zero-order valence-electron chi connectivity index (χ0n) is 21.4. The molecule has 6 nitrogen and oxygen atoms in total. The van der Waals surface area contributed by atoms with E-state index >= 15 is 0 Å². The first-order valence-electron chi connectivity index (χ1n) is 12.3. The molecular formula is C29H30F4N2O4. The lowest BCUT2D eigenvalue weighted by atomic mass is 9.68. The molecule has 1 amide bonds. The molecule has 3 unspecified atom stereocenters. The maximum atomic E-state index is 14.4. The molecule has 3 aromatic carbocycles. The van der Waals surface area contributed by atoms with Crippen LogP contribution in [0.3, 0.4) is 0 Å². The van der Waals surface area contributed by atoms with E-state index in [0.29, 0.717) is 24.7 Å². The Kier molecular flexibility index (Phi) is 9.92. The predicted octanol–water partition coefficient (Wildman–Crippen LogP) is 6.80. The van der Waals surface area contributed by atoms with Gasteiger partial charge in [-0.15, -0.1) is 0 Å². The first-order chi connectivity index (χ1) is 18.6. The third-order valence-electron chi connectivity index (χ3n) is 6.87. The molecule has 3 aromatic rings. The van der Waals surface area contributed by atoms with E-state index in [9.17, 15) is 22.4 Å². The zero-order valence-corrected chi connectivity index (χ0v) is 21.4. The van der Waals surface area contributed by atoms with Gasteiger partial charge in [0.15, 0.2) is 0 Å². The Morgan fingerprint density at radius 2 is 1.67 bits per heavy atom. The van der Waals surface area contributed by atoms with Crippen LogP contribution in [0, 0.1) is 17.7 Å². The SMILES string of the molecule is CNc1ccc(C2CC(Oc3ccccc3)CC(C(=O)Nc3ccc(C(F)(F)F)cc3F)[C@@H]2C)cc1.O=CO. The number of hydrogen-bond donors (Lipinski definition) is 3. The van der Waals surface area contributed by atoms with Crippen molar-refractivity contribution in [1.29, 1.82) is 0 Å². The van der Waals surface area contributed by atoms with Gasteiger partial charge in [-0.25, -0.2) is 4.39 Å². The number of benzene rings is 3. The number of nitrogens with one attached hydrogen (secondary N) is 2. The number of amides is 1. The summed E-state index contributed by atoms with van der Waals surface area (Å²) in [4.78, 5) is 21.7. The summed E-state index contributed by atoms with van der Waals surface area (Å²) in [6.07, 6.45) is -3.85. The van der Waals surface area contributed by atoms with Gasteiger partial charge in [-0.1, -0.05) is 37.3 Å². The van der Waals surface area contributed by atoms with Gasteiger partial charge in [0.1, 0.15) is 17.7 Å². The number of carboxylic acid groups (broad SMARTS) is 1. The standard InChI is InChI=1S/C28H28F4N2O2.CH2O2/c1-17-23(18-8-11-20(33-2)12-9-18)15-22(36-21-6-4-3-5-7-21)16-24(17)27(35)34-26-13-10-19(14-25(26)29)28(30,31)32;2-1-3/h3-14,17,22-24,33H,15-16H2,1-2H3,(H,34,35);1H,(H,2,3)/t17-,22?,23?,24?;/m1./s1. The van der Waals surface area contributed by atoms with Crippen LogP contribution in [0.15, 0.2) is 72.8 Å². The molecule has 1 aliphatic carbocycles. The number of hydrogen-bond acceptors (Lipinski definition) is 4. The highest BCUT2D eigenvalue weighted by molar-refractivity contribution is 5.93. The van der Waals surface area contributed by atoms with Crippen molar-refractivity contribution >= 4 is 23.8 Å². The largest absolute Gasteiger partial charge is 0.490 e. The molecule has 0 heterocycles. The maximum absolute atomic E-state index is 14.4. The van der Waals surface area contributed by atoms with Crippen LogP contribution in [0.1, 0.15) is 36.8 Å². The summed E-state index contributed by atoms with van der Waals surface area (Å²) in [5.74, 6) is -1.54. The van der Waals surface area contributed by atoms with Gasteiger partial charge in [0.05, 0.1) is 11.3 Å². The smallest absolute Gasteiger partial charge is 0.416 e. The topological polar surface area (TPSA) is 87.7 Å². The van der Waals surface area contributed by atoms with Gasteiger partial charge in [0, 0.05) is 18.7 Å². The lowest BCUT2D eigenvalue weighted by molar-refractivity contribution is -0.137. The van der Waals surface area contributed by atoms with Crippen molar-refractivity contribution in [3.63, 3.8) is 0 Å². The molecule has 0 radical (unpaired) electrons. The molecule has 10 heteroatoms. The number of alkyl halides is 3. The Morgan fingerprint density at radius 3 is 2.23 bits per heavy atom. The number of halogens is 4. The summed E-state index contributed by atoms with van der Waals surface area (Å²) in [5, 5.41) is 12.5. The van der Waals surface area contributed by atoms with Crippen LogP contribution in [-0.4, -0.2) is 30.6 Å². The van der Waals surface area contributed by atoms with E-state index < -0.39 is 29.4 Å². The predicted molar refractivity (Wildman–Crippen MR) is 140 cm³/mol. The number of ether oxygens (including phenoxy) is 1. The van der Waals surface area contributed by atoms with Gasteiger partial charge < -0.3 is 20.5 Å². The summed E-state index contributed by atoms with van der Waals surface area (Å²) in [6, 6.07) is 19.4. The van der Waals surface area contributed by atoms with Crippen LogP contribution in [-0.2, 0) is 15.8 Å². The Hall–Kier alpha value is -4.08. The molecule has 0 aliphatic heterocycles. The van der Waals surface area contributed by atoms with Gasteiger partial charge in [-0.2, -0.15) is 13.2 Å². The van der Waals surface area contributed by atoms with Crippen LogP contribution in [0.2, 0.25) is 0 Å². The van der Waals surface area contributed by atoms with Crippen molar-refractivity contribution in [2.24, 2.45) is 11.8 Å². The van der Waals surface area contributed by atoms with Gasteiger partial charge in [-0.3, -0.25) is 9.59 Å². The lowest BCUT2D eigenvalue weighted by Crippen LogP contribution is -2.41.